The molecule has 2 aromatic carbocycles. The molecule has 0 fully saturated rings. The first-order valence-electron chi connectivity index (χ1n) is 6.67. The van der Waals surface area contributed by atoms with Gasteiger partial charge in [0.25, 0.3) is 5.91 Å². The van der Waals surface area contributed by atoms with Crippen LogP contribution in [0.1, 0.15) is 22.8 Å². The molecule has 0 aliphatic carbocycles. The van der Waals surface area contributed by atoms with E-state index in [1.54, 1.807) is 18.2 Å². The van der Waals surface area contributed by atoms with Crippen LogP contribution in [0.5, 0.6) is 0 Å². The van der Waals surface area contributed by atoms with Gasteiger partial charge in [0.05, 0.1) is 5.56 Å². The average molecular weight is 351 g/mol. The highest BCUT2D eigenvalue weighted by Crippen LogP contribution is 2.21. The van der Waals surface area contributed by atoms with Gasteiger partial charge >= 0.3 is 0 Å². The van der Waals surface area contributed by atoms with Gasteiger partial charge in [0.1, 0.15) is 5.82 Å². The second-order valence-corrected chi connectivity index (χ2v) is 5.39. The number of nitrogens with one attached hydrogen (secondary N) is 2. The van der Waals surface area contributed by atoms with E-state index in [1.807, 2.05) is 25.1 Å². The lowest BCUT2D eigenvalue weighted by Crippen LogP contribution is -2.15. The van der Waals surface area contributed by atoms with Crippen LogP contribution in [0, 0.1) is 5.82 Å². The Morgan fingerprint density at radius 2 is 2.00 bits per heavy atom. The molecule has 110 valence electrons. The van der Waals surface area contributed by atoms with Crippen molar-refractivity contribution in [1.82, 2.24) is 5.32 Å². The third-order valence-corrected chi connectivity index (χ3v) is 3.61. The van der Waals surface area contributed by atoms with Crippen LogP contribution in [0.3, 0.4) is 0 Å². The summed E-state index contributed by atoms with van der Waals surface area (Å²) in [5.74, 6) is -1.02. The van der Waals surface area contributed by atoms with Crippen LogP contribution >= 0.6 is 15.9 Å². The maximum absolute atomic E-state index is 13.7. The molecule has 0 saturated carbocycles. The van der Waals surface area contributed by atoms with Crippen LogP contribution in [0.25, 0.3) is 0 Å². The smallest absolute Gasteiger partial charge is 0.259 e. The topological polar surface area (TPSA) is 41.1 Å². The number of benzene rings is 2. The first kappa shape index (κ1) is 15.7. The summed E-state index contributed by atoms with van der Waals surface area (Å²) in [5.41, 5.74) is 1.71. The minimum atomic E-state index is -0.550. The van der Waals surface area contributed by atoms with Crippen molar-refractivity contribution in [1.29, 1.82) is 0 Å². The van der Waals surface area contributed by atoms with Crippen LogP contribution in [-0.4, -0.2) is 12.5 Å². The lowest BCUT2D eigenvalue weighted by atomic mass is 10.1. The van der Waals surface area contributed by atoms with Crippen molar-refractivity contribution in [2.45, 2.75) is 13.5 Å². The van der Waals surface area contributed by atoms with E-state index >= 15 is 0 Å². The zero-order valence-electron chi connectivity index (χ0n) is 11.6. The van der Waals surface area contributed by atoms with Gasteiger partial charge in [-0.05, 0) is 52.3 Å². The molecule has 0 unspecified atom stereocenters. The quantitative estimate of drug-likeness (QED) is 0.857. The average Bonchev–Trinajstić information content (AvgIpc) is 2.45. The normalized spacial score (nSPS) is 10.4. The van der Waals surface area contributed by atoms with Crippen molar-refractivity contribution >= 4 is 27.5 Å². The highest BCUT2D eigenvalue weighted by molar-refractivity contribution is 9.10. The summed E-state index contributed by atoms with van der Waals surface area (Å²) >= 11 is 3.20. The van der Waals surface area contributed by atoms with E-state index in [1.165, 1.54) is 6.07 Å². The number of amides is 1. The lowest BCUT2D eigenvalue weighted by Gasteiger charge is -2.09. The van der Waals surface area contributed by atoms with Crippen LogP contribution in [0.2, 0.25) is 0 Å². The SMILES string of the molecule is CCNCc1cccc(NC(=O)c2c(F)cccc2Br)c1. The Labute approximate surface area is 131 Å². The van der Waals surface area contributed by atoms with Crippen LogP contribution in [0.15, 0.2) is 46.9 Å². The molecule has 0 atom stereocenters. The standard InChI is InChI=1S/C16H16BrFN2O/c1-2-19-10-11-5-3-6-12(9-11)20-16(21)15-13(17)7-4-8-14(15)18/h3-9,19H,2,10H2,1H3,(H,20,21). The number of anilines is 1. The van der Waals surface area contributed by atoms with Crippen LogP contribution in [-0.2, 0) is 6.54 Å². The van der Waals surface area contributed by atoms with E-state index in [2.05, 4.69) is 26.6 Å². The number of hydrogen-bond donors (Lipinski definition) is 2. The lowest BCUT2D eigenvalue weighted by molar-refractivity contribution is 0.102. The Balaban J connectivity index is 2.16. The molecule has 2 N–H and O–H groups in total. The summed E-state index contributed by atoms with van der Waals surface area (Å²) in [4.78, 5) is 12.2. The fourth-order valence-corrected chi connectivity index (χ4v) is 2.46. The third-order valence-electron chi connectivity index (χ3n) is 2.95. The minimum Gasteiger partial charge on any atom is -0.322 e. The van der Waals surface area contributed by atoms with E-state index < -0.39 is 11.7 Å². The van der Waals surface area contributed by atoms with Gasteiger partial charge in [-0.15, -0.1) is 0 Å². The van der Waals surface area contributed by atoms with Gasteiger partial charge in [0.2, 0.25) is 0 Å². The fraction of sp³-hybridized carbons (Fsp3) is 0.188. The summed E-state index contributed by atoms with van der Waals surface area (Å²) < 4.78 is 14.2. The molecule has 0 aromatic heterocycles. The summed E-state index contributed by atoms with van der Waals surface area (Å²) in [6, 6.07) is 11.9. The molecule has 0 heterocycles. The van der Waals surface area contributed by atoms with Crippen molar-refractivity contribution in [3.8, 4) is 0 Å². The zero-order chi connectivity index (χ0) is 15.2. The highest BCUT2D eigenvalue weighted by atomic mass is 79.9. The summed E-state index contributed by atoms with van der Waals surface area (Å²) in [6.07, 6.45) is 0. The molecule has 0 aliphatic rings. The fourth-order valence-electron chi connectivity index (χ4n) is 1.94. The van der Waals surface area contributed by atoms with E-state index in [9.17, 15) is 9.18 Å². The molecule has 2 aromatic rings. The number of carbonyl (C=O) groups excluding carboxylic acids is 1. The van der Waals surface area contributed by atoms with Gasteiger partial charge in [0, 0.05) is 16.7 Å². The van der Waals surface area contributed by atoms with Gasteiger partial charge < -0.3 is 10.6 Å². The first-order chi connectivity index (χ1) is 10.1. The molecule has 0 spiro atoms. The molecule has 0 radical (unpaired) electrons. The van der Waals surface area contributed by atoms with Gasteiger partial charge in [-0.25, -0.2) is 4.39 Å². The Hall–Kier alpha value is -1.72. The van der Waals surface area contributed by atoms with E-state index in [0.29, 0.717) is 10.2 Å². The second kappa shape index (κ2) is 7.33. The highest BCUT2D eigenvalue weighted by Gasteiger charge is 2.15. The largest absolute Gasteiger partial charge is 0.322 e. The van der Waals surface area contributed by atoms with Crippen molar-refractivity contribution in [3.05, 3.63) is 63.9 Å². The molecule has 0 saturated heterocycles. The Bertz CT molecular complexity index is 626. The maximum Gasteiger partial charge on any atom is 0.259 e. The molecular weight excluding hydrogens is 335 g/mol. The Morgan fingerprint density at radius 3 is 2.71 bits per heavy atom. The van der Waals surface area contributed by atoms with E-state index in [0.717, 1.165) is 18.7 Å². The third kappa shape index (κ3) is 4.12. The van der Waals surface area contributed by atoms with Crippen LogP contribution in [0.4, 0.5) is 10.1 Å². The van der Waals surface area contributed by atoms with Crippen molar-refractivity contribution < 1.29 is 9.18 Å². The van der Waals surface area contributed by atoms with Gasteiger partial charge in [-0.2, -0.15) is 0 Å². The van der Waals surface area contributed by atoms with Crippen molar-refractivity contribution in [2.75, 3.05) is 11.9 Å². The summed E-state index contributed by atoms with van der Waals surface area (Å²) in [7, 11) is 0. The minimum absolute atomic E-state index is 0.00888. The molecule has 2 rings (SSSR count). The van der Waals surface area contributed by atoms with Gasteiger partial charge in [-0.3, -0.25) is 4.79 Å². The van der Waals surface area contributed by atoms with Gasteiger partial charge in [-0.1, -0.05) is 25.1 Å². The molecule has 1 amide bonds. The predicted molar refractivity (Wildman–Crippen MR) is 85.9 cm³/mol. The number of carbonyl (C=O) groups is 1. The van der Waals surface area contributed by atoms with Gasteiger partial charge in [0.15, 0.2) is 0 Å². The summed E-state index contributed by atoms with van der Waals surface area (Å²) in [6.45, 7) is 3.63. The Kier molecular flexibility index (Phi) is 5.47. The van der Waals surface area contributed by atoms with E-state index in [4.69, 9.17) is 0 Å². The molecule has 3 nitrogen and oxygen atoms in total. The molecular formula is C16H16BrFN2O. The molecule has 21 heavy (non-hydrogen) atoms. The maximum atomic E-state index is 13.7. The number of rotatable bonds is 5. The van der Waals surface area contributed by atoms with Crippen molar-refractivity contribution in [3.63, 3.8) is 0 Å². The predicted octanol–water partition coefficient (Wildman–Crippen LogP) is 3.95. The second-order valence-electron chi connectivity index (χ2n) is 4.53. The number of hydrogen-bond acceptors (Lipinski definition) is 2. The Morgan fingerprint density at radius 1 is 1.24 bits per heavy atom. The van der Waals surface area contributed by atoms with Crippen molar-refractivity contribution in [2.24, 2.45) is 0 Å². The van der Waals surface area contributed by atoms with Crippen LogP contribution < -0.4 is 10.6 Å². The first-order valence-corrected chi connectivity index (χ1v) is 7.46. The summed E-state index contributed by atoms with van der Waals surface area (Å²) in [5, 5.41) is 5.93. The molecule has 0 aliphatic heterocycles. The van der Waals surface area contributed by atoms with E-state index in [-0.39, 0.29) is 5.56 Å². The molecule has 5 heteroatoms. The molecule has 0 bridgehead atoms. The monoisotopic (exact) mass is 350 g/mol. The number of halogens is 2. The zero-order valence-corrected chi connectivity index (χ0v) is 13.2.